The topological polar surface area (TPSA) is 64.4 Å². The highest BCUT2D eigenvalue weighted by Gasteiger charge is 2.17. The third kappa shape index (κ3) is 3.55. The summed E-state index contributed by atoms with van der Waals surface area (Å²) in [5, 5.41) is 13.9. The summed E-state index contributed by atoms with van der Waals surface area (Å²) in [5.74, 6) is -0.567. The Morgan fingerprint density at radius 1 is 1.24 bits per heavy atom. The predicted octanol–water partition coefficient (Wildman–Crippen LogP) is 3.55. The summed E-state index contributed by atoms with van der Waals surface area (Å²) in [4.78, 5) is 10.4. The molecule has 0 aromatic heterocycles. The van der Waals surface area contributed by atoms with Gasteiger partial charge in [0.2, 0.25) is 5.75 Å². The molecule has 0 aliphatic heterocycles. The molecule has 110 valence electrons. The van der Waals surface area contributed by atoms with Gasteiger partial charge in [0, 0.05) is 12.6 Å². The van der Waals surface area contributed by atoms with Gasteiger partial charge in [0.25, 0.3) is 0 Å². The number of hydrogen-bond acceptors (Lipinski definition) is 4. The minimum absolute atomic E-state index is 0.0280. The van der Waals surface area contributed by atoms with Crippen LogP contribution in [0, 0.1) is 22.9 Å². The zero-order valence-electron chi connectivity index (χ0n) is 11.7. The average Bonchev–Trinajstić information content (AvgIpc) is 2.42. The fourth-order valence-corrected chi connectivity index (χ4v) is 1.91. The molecule has 0 amide bonds. The number of aryl methyl sites for hydroxylation is 1. The van der Waals surface area contributed by atoms with Gasteiger partial charge in [-0.05, 0) is 43.3 Å². The van der Waals surface area contributed by atoms with Crippen LogP contribution < -0.4 is 10.1 Å². The quantitative estimate of drug-likeness (QED) is 0.675. The number of nitro groups is 1. The number of nitrogens with one attached hydrogen (secondary N) is 1. The van der Waals surface area contributed by atoms with Gasteiger partial charge in [0.05, 0.1) is 4.92 Å². The lowest BCUT2D eigenvalue weighted by Gasteiger charge is -2.09. The Balaban J connectivity index is 2.34. The molecule has 1 N–H and O–H groups in total. The van der Waals surface area contributed by atoms with E-state index in [1.54, 1.807) is 26.1 Å². The molecule has 0 fully saturated rings. The fraction of sp³-hybridized carbons (Fsp3) is 0.200. The van der Waals surface area contributed by atoms with E-state index < -0.39 is 10.7 Å². The molecule has 0 aliphatic carbocycles. The molecule has 0 aliphatic rings. The second-order valence-electron chi connectivity index (χ2n) is 4.63. The third-order valence-corrected chi connectivity index (χ3v) is 2.91. The predicted molar refractivity (Wildman–Crippen MR) is 77.1 cm³/mol. The summed E-state index contributed by atoms with van der Waals surface area (Å²) in [6, 6.07) is 8.98. The van der Waals surface area contributed by atoms with Crippen LogP contribution in [0.2, 0.25) is 0 Å². The van der Waals surface area contributed by atoms with Crippen LogP contribution in [0.3, 0.4) is 0 Å². The van der Waals surface area contributed by atoms with E-state index in [1.807, 2.05) is 0 Å². The van der Waals surface area contributed by atoms with Gasteiger partial charge in [-0.15, -0.1) is 0 Å². The molecule has 0 atom stereocenters. The summed E-state index contributed by atoms with van der Waals surface area (Å²) in [6.45, 7) is 2.31. The first kappa shape index (κ1) is 14.9. The van der Waals surface area contributed by atoms with Gasteiger partial charge in [-0.3, -0.25) is 10.1 Å². The normalized spacial score (nSPS) is 10.4. The lowest BCUT2D eigenvalue weighted by Crippen LogP contribution is -2.05. The summed E-state index contributed by atoms with van der Waals surface area (Å²) in [7, 11) is 1.76. The van der Waals surface area contributed by atoms with Gasteiger partial charge in [-0.1, -0.05) is 12.1 Å². The number of rotatable bonds is 5. The Labute approximate surface area is 121 Å². The van der Waals surface area contributed by atoms with Gasteiger partial charge in [-0.2, -0.15) is 0 Å². The van der Waals surface area contributed by atoms with Gasteiger partial charge in [-0.25, -0.2) is 4.39 Å². The second-order valence-corrected chi connectivity index (χ2v) is 4.63. The summed E-state index contributed by atoms with van der Waals surface area (Å²) in [6.07, 6.45) is 0. The SMILES string of the molecule is CNCc1ccc(Oc2cc(C)ccc2[N+](=O)[O-])c(F)c1. The van der Waals surface area contributed by atoms with E-state index in [0.29, 0.717) is 6.54 Å². The molecule has 2 aromatic rings. The number of halogens is 1. The molecule has 0 spiro atoms. The van der Waals surface area contributed by atoms with Crippen LogP contribution in [0.15, 0.2) is 36.4 Å². The van der Waals surface area contributed by atoms with Crippen molar-refractivity contribution in [3.05, 3.63) is 63.5 Å². The molecule has 0 radical (unpaired) electrons. The van der Waals surface area contributed by atoms with Crippen molar-refractivity contribution in [2.75, 3.05) is 7.05 Å². The van der Waals surface area contributed by atoms with Crippen molar-refractivity contribution in [1.29, 1.82) is 0 Å². The maximum Gasteiger partial charge on any atom is 0.311 e. The molecule has 6 heteroatoms. The van der Waals surface area contributed by atoms with E-state index in [2.05, 4.69) is 5.32 Å². The zero-order valence-corrected chi connectivity index (χ0v) is 11.7. The lowest BCUT2D eigenvalue weighted by atomic mass is 10.2. The minimum atomic E-state index is -0.557. The van der Waals surface area contributed by atoms with Crippen molar-refractivity contribution in [3.8, 4) is 11.5 Å². The first-order chi connectivity index (χ1) is 10.0. The molecule has 0 heterocycles. The standard InChI is InChI=1S/C15H15FN2O3/c1-10-3-5-13(18(19)20)15(7-10)21-14-6-4-11(9-17-2)8-12(14)16/h3-8,17H,9H2,1-2H3. The Morgan fingerprint density at radius 3 is 2.62 bits per heavy atom. The molecule has 0 unspecified atom stereocenters. The van der Waals surface area contributed by atoms with E-state index in [-0.39, 0.29) is 17.2 Å². The van der Waals surface area contributed by atoms with E-state index in [0.717, 1.165) is 11.1 Å². The van der Waals surface area contributed by atoms with Gasteiger partial charge >= 0.3 is 5.69 Å². The minimum Gasteiger partial charge on any atom is -0.447 e. The van der Waals surface area contributed by atoms with Crippen LogP contribution in [-0.4, -0.2) is 12.0 Å². The number of nitrogens with zero attached hydrogens (tertiary/aromatic N) is 1. The number of ether oxygens (including phenoxy) is 1. The highest BCUT2D eigenvalue weighted by Crippen LogP contribution is 2.33. The molecule has 2 rings (SSSR count). The molecular formula is C15H15FN2O3. The van der Waals surface area contributed by atoms with Crippen LogP contribution in [0.1, 0.15) is 11.1 Å². The molecule has 2 aromatic carbocycles. The number of hydrogen-bond donors (Lipinski definition) is 1. The van der Waals surface area contributed by atoms with Crippen LogP contribution in [-0.2, 0) is 6.54 Å². The van der Waals surface area contributed by atoms with Crippen molar-refractivity contribution in [1.82, 2.24) is 5.32 Å². The summed E-state index contributed by atoms with van der Waals surface area (Å²) >= 11 is 0. The van der Waals surface area contributed by atoms with Gasteiger partial charge in [0.1, 0.15) is 0 Å². The lowest BCUT2D eigenvalue weighted by molar-refractivity contribution is -0.385. The molecule has 0 saturated heterocycles. The number of nitro benzene ring substituents is 1. The molecule has 0 bridgehead atoms. The third-order valence-electron chi connectivity index (χ3n) is 2.91. The largest absolute Gasteiger partial charge is 0.447 e. The van der Waals surface area contributed by atoms with E-state index in [9.17, 15) is 14.5 Å². The maximum atomic E-state index is 14.0. The van der Waals surface area contributed by atoms with E-state index in [1.165, 1.54) is 24.3 Å². The van der Waals surface area contributed by atoms with Crippen LogP contribution >= 0.6 is 0 Å². The number of benzene rings is 2. The van der Waals surface area contributed by atoms with Gasteiger partial charge in [0.15, 0.2) is 11.6 Å². The highest BCUT2D eigenvalue weighted by atomic mass is 19.1. The van der Waals surface area contributed by atoms with Crippen molar-refractivity contribution in [2.45, 2.75) is 13.5 Å². The van der Waals surface area contributed by atoms with E-state index >= 15 is 0 Å². The molecule has 21 heavy (non-hydrogen) atoms. The van der Waals surface area contributed by atoms with Gasteiger partial charge < -0.3 is 10.1 Å². The highest BCUT2D eigenvalue weighted by molar-refractivity contribution is 5.50. The maximum absolute atomic E-state index is 14.0. The molecule has 5 nitrogen and oxygen atoms in total. The average molecular weight is 290 g/mol. The fourth-order valence-electron chi connectivity index (χ4n) is 1.91. The zero-order chi connectivity index (χ0) is 15.4. The Bertz CT molecular complexity index is 674. The van der Waals surface area contributed by atoms with Crippen molar-refractivity contribution >= 4 is 5.69 Å². The van der Waals surface area contributed by atoms with Crippen molar-refractivity contribution in [2.24, 2.45) is 0 Å². The Morgan fingerprint density at radius 2 is 2.00 bits per heavy atom. The monoisotopic (exact) mass is 290 g/mol. The van der Waals surface area contributed by atoms with Crippen molar-refractivity contribution < 1.29 is 14.1 Å². The Kier molecular flexibility index (Phi) is 4.49. The molecular weight excluding hydrogens is 275 g/mol. The van der Waals surface area contributed by atoms with Crippen molar-refractivity contribution in [3.63, 3.8) is 0 Å². The second kappa shape index (κ2) is 6.32. The van der Waals surface area contributed by atoms with E-state index in [4.69, 9.17) is 4.74 Å². The van der Waals surface area contributed by atoms with Crippen LogP contribution in [0.25, 0.3) is 0 Å². The summed E-state index contributed by atoms with van der Waals surface area (Å²) < 4.78 is 19.3. The summed E-state index contributed by atoms with van der Waals surface area (Å²) in [5.41, 5.74) is 1.36. The first-order valence-electron chi connectivity index (χ1n) is 6.37. The van der Waals surface area contributed by atoms with Crippen LogP contribution in [0.4, 0.5) is 10.1 Å². The Hall–Kier alpha value is -2.47. The smallest absolute Gasteiger partial charge is 0.311 e. The van der Waals surface area contributed by atoms with Crippen LogP contribution in [0.5, 0.6) is 11.5 Å². The first-order valence-corrected chi connectivity index (χ1v) is 6.37. The molecule has 0 saturated carbocycles.